The summed E-state index contributed by atoms with van der Waals surface area (Å²) < 4.78 is 30.3. The smallest absolute Gasteiger partial charge is 0.238 e. The van der Waals surface area contributed by atoms with Crippen LogP contribution in [0.5, 0.6) is 5.88 Å². The zero-order valence-corrected chi connectivity index (χ0v) is 15.2. The van der Waals surface area contributed by atoms with Gasteiger partial charge in [0, 0.05) is 11.8 Å². The molecular weight excluding hydrogens is 364 g/mol. The number of primary sulfonamides is 1. The lowest BCUT2D eigenvalue weighted by molar-refractivity contribution is 0.403. The van der Waals surface area contributed by atoms with Crippen molar-refractivity contribution in [2.45, 2.75) is 4.90 Å². The lowest BCUT2D eigenvalue weighted by Crippen LogP contribution is -2.11. The molecule has 8 heteroatoms. The lowest BCUT2D eigenvalue weighted by Gasteiger charge is -2.04. The fourth-order valence-electron chi connectivity index (χ4n) is 2.96. The third kappa shape index (κ3) is 3.05. The molecule has 2 heterocycles. The van der Waals surface area contributed by atoms with Crippen molar-refractivity contribution in [3.8, 4) is 22.8 Å². The largest absolute Gasteiger partial charge is 0.480 e. The number of nitrogens with two attached hydrogens (primary N) is 1. The summed E-state index contributed by atoms with van der Waals surface area (Å²) in [6.07, 6.45) is 1.66. The van der Waals surface area contributed by atoms with Gasteiger partial charge in [-0.3, -0.25) is 0 Å². The van der Waals surface area contributed by atoms with Crippen molar-refractivity contribution in [3.05, 3.63) is 66.9 Å². The van der Waals surface area contributed by atoms with Crippen molar-refractivity contribution in [1.29, 1.82) is 0 Å². The van der Waals surface area contributed by atoms with Gasteiger partial charge in [0.1, 0.15) is 5.69 Å². The highest BCUT2D eigenvalue weighted by Gasteiger charge is 2.19. The number of para-hydroxylation sites is 1. The van der Waals surface area contributed by atoms with E-state index in [1.807, 2.05) is 41.1 Å². The number of nitrogens with zero attached hydrogens (tertiary/aromatic N) is 3. The average Bonchev–Trinajstić information content (AvgIpc) is 3.08. The first-order valence-electron chi connectivity index (χ1n) is 8.09. The number of ether oxygens (including phenoxy) is 1. The van der Waals surface area contributed by atoms with Crippen molar-refractivity contribution in [1.82, 2.24) is 14.8 Å². The molecule has 2 aromatic heterocycles. The maximum atomic E-state index is 11.5. The Morgan fingerprint density at radius 3 is 2.33 bits per heavy atom. The first-order chi connectivity index (χ1) is 13.0. The van der Waals surface area contributed by atoms with E-state index in [1.165, 1.54) is 12.1 Å². The normalized spacial score (nSPS) is 11.6. The molecule has 0 bridgehead atoms. The molecular formula is C19H16N4O3S. The molecule has 0 atom stereocenters. The summed E-state index contributed by atoms with van der Waals surface area (Å²) >= 11 is 0. The first-order valence-corrected chi connectivity index (χ1v) is 9.64. The van der Waals surface area contributed by atoms with Crippen LogP contribution in [0.25, 0.3) is 27.8 Å². The minimum absolute atomic E-state index is 0.0446. The molecule has 0 saturated carbocycles. The van der Waals surface area contributed by atoms with E-state index in [4.69, 9.17) is 15.0 Å². The monoisotopic (exact) mass is 380 g/mol. The molecule has 136 valence electrons. The molecule has 0 amide bonds. The quantitative estimate of drug-likeness (QED) is 0.587. The molecule has 0 unspecified atom stereocenters. The maximum absolute atomic E-state index is 11.5. The maximum Gasteiger partial charge on any atom is 0.238 e. The van der Waals surface area contributed by atoms with Crippen LogP contribution in [0, 0.1) is 0 Å². The van der Waals surface area contributed by atoms with Gasteiger partial charge in [-0.1, -0.05) is 30.3 Å². The summed E-state index contributed by atoms with van der Waals surface area (Å²) in [5.74, 6) is 0.445. The van der Waals surface area contributed by atoms with Gasteiger partial charge in [-0.15, -0.1) is 0 Å². The number of sulfonamides is 1. The number of hydrogen-bond acceptors (Lipinski definition) is 5. The van der Waals surface area contributed by atoms with E-state index in [2.05, 4.69) is 4.98 Å². The number of benzene rings is 2. The predicted octanol–water partition coefficient (Wildman–Crippen LogP) is 2.74. The third-order valence-corrected chi connectivity index (χ3v) is 5.14. The summed E-state index contributed by atoms with van der Waals surface area (Å²) in [7, 11) is -2.21. The number of pyridine rings is 1. The molecule has 0 fully saturated rings. The van der Waals surface area contributed by atoms with E-state index in [1.54, 1.807) is 25.4 Å². The van der Waals surface area contributed by atoms with Crippen LogP contribution in [-0.4, -0.2) is 30.3 Å². The molecule has 0 spiro atoms. The summed E-state index contributed by atoms with van der Waals surface area (Å²) in [4.78, 5) is 4.33. The fraction of sp³-hybridized carbons (Fsp3) is 0.0526. The lowest BCUT2D eigenvalue weighted by atomic mass is 10.1. The van der Waals surface area contributed by atoms with Gasteiger partial charge in [0.2, 0.25) is 15.9 Å². The number of rotatable bonds is 4. The fourth-order valence-corrected chi connectivity index (χ4v) is 3.48. The van der Waals surface area contributed by atoms with Gasteiger partial charge in [0.15, 0.2) is 0 Å². The van der Waals surface area contributed by atoms with Crippen molar-refractivity contribution >= 4 is 20.9 Å². The molecule has 0 saturated heterocycles. The van der Waals surface area contributed by atoms with Crippen molar-refractivity contribution in [2.24, 2.45) is 5.14 Å². The van der Waals surface area contributed by atoms with Crippen LogP contribution in [0.2, 0.25) is 0 Å². The second-order valence-electron chi connectivity index (χ2n) is 5.88. The summed E-state index contributed by atoms with van der Waals surface area (Å²) in [6, 6.07) is 17.8. The van der Waals surface area contributed by atoms with Gasteiger partial charge < -0.3 is 4.74 Å². The highest BCUT2D eigenvalue weighted by molar-refractivity contribution is 7.89. The number of hydrogen-bond donors (Lipinski definition) is 1. The first kappa shape index (κ1) is 17.2. The molecule has 0 aliphatic carbocycles. The molecule has 2 N–H and O–H groups in total. The van der Waals surface area contributed by atoms with Crippen molar-refractivity contribution in [3.63, 3.8) is 0 Å². The SMILES string of the molecule is COc1nccc2c1c(-c1ccc(S(N)(=O)=O)cc1)nn2-c1ccccc1. The van der Waals surface area contributed by atoms with Crippen LogP contribution in [0.1, 0.15) is 0 Å². The minimum Gasteiger partial charge on any atom is -0.480 e. The Morgan fingerprint density at radius 2 is 1.70 bits per heavy atom. The van der Waals surface area contributed by atoms with Crippen LogP contribution in [0.4, 0.5) is 0 Å². The Balaban J connectivity index is 1.98. The van der Waals surface area contributed by atoms with Gasteiger partial charge in [-0.25, -0.2) is 23.2 Å². The molecule has 0 aliphatic heterocycles. The Hall–Kier alpha value is -3.23. The minimum atomic E-state index is -3.76. The Kier molecular flexibility index (Phi) is 4.14. The second kappa shape index (κ2) is 6.49. The molecule has 0 aliphatic rings. The van der Waals surface area contributed by atoms with Gasteiger partial charge in [-0.2, -0.15) is 5.10 Å². The highest BCUT2D eigenvalue weighted by atomic mass is 32.2. The summed E-state index contributed by atoms with van der Waals surface area (Å²) in [5.41, 5.74) is 3.09. The molecule has 0 radical (unpaired) electrons. The third-order valence-electron chi connectivity index (χ3n) is 4.21. The number of aromatic nitrogens is 3. The highest BCUT2D eigenvalue weighted by Crippen LogP contribution is 2.35. The standard InChI is InChI=1S/C19H16N4O3S/c1-26-19-17-16(11-12-21-19)23(14-5-3-2-4-6-14)22-18(17)13-7-9-15(10-8-13)27(20,24)25/h2-12H,1H3,(H2,20,24,25). The van der Waals surface area contributed by atoms with Gasteiger partial charge in [0.05, 0.1) is 28.6 Å². The van der Waals surface area contributed by atoms with Crippen molar-refractivity contribution in [2.75, 3.05) is 7.11 Å². The topological polar surface area (TPSA) is 100 Å². The van der Waals surface area contributed by atoms with E-state index in [0.717, 1.165) is 22.2 Å². The van der Waals surface area contributed by atoms with Crippen LogP contribution in [0.15, 0.2) is 71.8 Å². The number of methoxy groups -OCH3 is 1. The number of fused-ring (bicyclic) bond motifs is 1. The van der Waals surface area contributed by atoms with Crippen LogP contribution in [0.3, 0.4) is 0 Å². The molecule has 27 heavy (non-hydrogen) atoms. The van der Waals surface area contributed by atoms with E-state index in [0.29, 0.717) is 11.6 Å². The second-order valence-corrected chi connectivity index (χ2v) is 7.44. The molecule has 4 aromatic rings. The molecule has 2 aromatic carbocycles. The molecule has 4 rings (SSSR count). The van der Waals surface area contributed by atoms with E-state index >= 15 is 0 Å². The zero-order chi connectivity index (χ0) is 19.0. The van der Waals surface area contributed by atoms with Gasteiger partial charge in [-0.05, 0) is 30.3 Å². The Labute approximate surface area is 156 Å². The average molecular weight is 380 g/mol. The van der Waals surface area contributed by atoms with E-state index in [-0.39, 0.29) is 4.90 Å². The van der Waals surface area contributed by atoms with Crippen LogP contribution >= 0.6 is 0 Å². The Morgan fingerprint density at radius 1 is 1.00 bits per heavy atom. The van der Waals surface area contributed by atoms with Crippen molar-refractivity contribution < 1.29 is 13.2 Å². The predicted molar refractivity (Wildman–Crippen MR) is 102 cm³/mol. The van der Waals surface area contributed by atoms with E-state index in [9.17, 15) is 8.42 Å². The summed E-state index contributed by atoms with van der Waals surface area (Å²) in [5, 5.41) is 10.7. The van der Waals surface area contributed by atoms with Crippen LogP contribution in [-0.2, 0) is 10.0 Å². The van der Waals surface area contributed by atoms with Gasteiger partial charge in [0.25, 0.3) is 0 Å². The van der Waals surface area contributed by atoms with E-state index < -0.39 is 10.0 Å². The zero-order valence-electron chi connectivity index (χ0n) is 14.4. The summed E-state index contributed by atoms with van der Waals surface area (Å²) in [6.45, 7) is 0. The van der Waals surface area contributed by atoms with Gasteiger partial charge >= 0.3 is 0 Å². The molecule has 7 nitrogen and oxygen atoms in total. The Bertz CT molecular complexity index is 1220. The van der Waals surface area contributed by atoms with Crippen LogP contribution < -0.4 is 9.88 Å².